The van der Waals surface area contributed by atoms with Crippen LogP contribution >= 0.6 is 0 Å². The quantitative estimate of drug-likeness (QED) is 0.789. The van der Waals surface area contributed by atoms with Crippen LogP contribution in [-0.4, -0.2) is 84.6 Å². The fourth-order valence-corrected chi connectivity index (χ4v) is 4.08. The molecule has 7 nitrogen and oxygen atoms in total. The zero-order valence-corrected chi connectivity index (χ0v) is 17.4. The van der Waals surface area contributed by atoms with Gasteiger partial charge in [-0.25, -0.2) is 9.97 Å². The number of amides is 1. The molecule has 1 aromatic heterocycles. The first-order valence-corrected chi connectivity index (χ1v) is 10.5. The Morgan fingerprint density at radius 2 is 1.66 bits per heavy atom. The lowest BCUT2D eigenvalue weighted by molar-refractivity contribution is 0.0740. The van der Waals surface area contributed by atoms with Crippen molar-refractivity contribution in [3.8, 4) is 0 Å². The van der Waals surface area contributed by atoms with E-state index < -0.39 is 0 Å². The van der Waals surface area contributed by atoms with Gasteiger partial charge in [-0.1, -0.05) is 19.1 Å². The molecule has 1 amide bonds. The first-order chi connectivity index (χ1) is 14.1. The Morgan fingerprint density at radius 1 is 0.931 bits per heavy atom. The molecule has 2 aromatic rings. The van der Waals surface area contributed by atoms with Crippen LogP contribution in [0.5, 0.6) is 0 Å². The van der Waals surface area contributed by atoms with Crippen LogP contribution < -0.4 is 9.80 Å². The van der Waals surface area contributed by atoms with Crippen molar-refractivity contribution < 1.29 is 4.79 Å². The molecule has 0 unspecified atom stereocenters. The summed E-state index contributed by atoms with van der Waals surface area (Å²) >= 11 is 0. The Kier molecular flexibility index (Phi) is 5.94. The van der Waals surface area contributed by atoms with Crippen molar-refractivity contribution in [2.45, 2.75) is 13.8 Å². The van der Waals surface area contributed by atoms with E-state index >= 15 is 0 Å². The first kappa shape index (κ1) is 19.6. The number of aromatic nitrogens is 2. The number of anilines is 2. The van der Waals surface area contributed by atoms with Crippen molar-refractivity contribution in [1.82, 2.24) is 19.8 Å². The van der Waals surface area contributed by atoms with Crippen LogP contribution in [0.2, 0.25) is 0 Å². The molecule has 154 valence electrons. The Balaban J connectivity index is 1.38. The van der Waals surface area contributed by atoms with Crippen LogP contribution in [0.3, 0.4) is 0 Å². The van der Waals surface area contributed by atoms with Crippen molar-refractivity contribution in [2.24, 2.45) is 0 Å². The van der Waals surface area contributed by atoms with Crippen molar-refractivity contribution in [3.05, 3.63) is 47.9 Å². The number of hydrogen-bond acceptors (Lipinski definition) is 6. The third-order valence-electron chi connectivity index (χ3n) is 5.95. The lowest BCUT2D eigenvalue weighted by atomic mass is 10.2. The van der Waals surface area contributed by atoms with Crippen molar-refractivity contribution in [3.63, 3.8) is 0 Å². The van der Waals surface area contributed by atoms with Crippen molar-refractivity contribution in [2.75, 3.05) is 68.7 Å². The molecule has 0 saturated carbocycles. The Labute approximate surface area is 172 Å². The van der Waals surface area contributed by atoms with Crippen LogP contribution in [0.25, 0.3) is 0 Å². The highest BCUT2D eigenvalue weighted by Gasteiger charge is 2.24. The molecule has 7 heteroatoms. The van der Waals surface area contributed by atoms with E-state index in [2.05, 4.69) is 62.8 Å². The van der Waals surface area contributed by atoms with E-state index in [0.717, 1.165) is 51.6 Å². The summed E-state index contributed by atoms with van der Waals surface area (Å²) in [4.78, 5) is 30.6. The molecular weight excluding hydrogens is 364 g/mol. The second kappa shape index (κ2) is 8.78. The molecule has 4 rings (SSSR count). The van der Waals surface area contributed by atoms with Gasteiger partial charge in [0.2, 0.25) is 0 Å². The zero-order chi connectivity index (χ0) is 20.2. The fraction of sp³-hybridized carbons (Fsp3) is 0.500. The van der Waals surface area contributed by atoms with Gasteiger partial charge in [0, 0.05) is 64.1 Å². The van der Waals surface area contributed by atoms with Crippen LogP contribution in [0.4, 0.5) is 11.5 Å². The summed E-state index contributed by atoms with van der Waals surface area (Å²) in [6.45, 7) is 12.4. The molecule has 1 aromatic carbocycles. The molecule has 2 fully saturated rings. The molecule has 0 spiro atoms. The second-order valence-corrected chi connectivity index (χ2v) is 7.80. The molecule has 0 radical (unpaired) electrons. The molecule has 3 heterocycles. The SMILES string of the molecule is CCN1CCN(c2cc(C(=O)N3CCN(c4cccc(C)c4)CC3)ncn2)CC1. The maximum atomic E-state index is 13.0. The normalized spacial score (nSPS) is 18.2. The number of nitrogens with zero attached hydrogens (tertiary/aromatic N) is 6. The van der Waals surface area contributed by atoms with Gasteiger partial charge in [-0.3, -0.25) is 4.79 Å². The molecule has 0 N–H and O–H groups in total. The van der Waals surface area contributed by atoms with Crippen LogP contribution in [0.15, 0.2) is 36.7 Å². The number of aryl methyl sites for hydroxylation is 1. The summed E-state index contributed by atoms with van der Waals surface area (Å²) in [6, 6.07) is 10.4. The number of likely N-dealkylation sites (N-methyl/N-ethyl adjacent to an activating group) is 1. The lowest BCUT2D eigenvalue weighted by Gasteiger charge is -2.36. The summed E-state index contributed by atoms with van der Waals surface area (Å²) in [5.41, 5.74) is 2.99. The van der Waals surface area contributed by atoms with Gasteiger partial charge in [0.15, 0.2) is 0 Å². The summed E-state index contributed by atoms with van der Waals surface area (Å²) in [5.74, 6) is 0.863. The topological polar surface area (TPSA) is 55.8 Å². The van der Waals surface area contributed by atoms with Gasteiger partial charge >= 0.3 is 0 Å². The van der Waals surface area contributed by atoms with E-state index in [1.54, 1.807) is 0 Å². The van der Waals surface area contributed by atoms with Crippen LogP contribution in [-0.2, 0) is 0 Å². The van der Waals surface area contributed by atoms with Crippen LogP contribution in [0, 0.1) is 6.92 Å². The van der Waals surface area contributed by atoms with Crippen LogP contribution in [0.1, 0.15) is 23.0 Å². The summed E-state index contributed by atoms with van der Waals surface area (Å²) in [7, 11) is 0. The third kappa shape index (κ3) is 4.50. The molecule has 2 saturated heterocycles. The summed E-state index contributed by atoms with van der Waals surface area (Å²) in [6.07, 6.45) is 1.53. The largest absolute Gasteiger partial charge is 0.368 e. The highest BCUT2D eigenvalue weighted by molar-refractivity contribution is 5.93. The Bertz CT molecular complexity index is 841. The molecule has 2 aliphatic heterocycles. The molecule has 2 aliphatic rings. The van der Waals surface area contributed by atoms with E-state index in [9.17, 15) is 4.79 Å². The van der Waals surface area contributed by atoms with Gasteiger partial charge in [0.25, 0.3) is 5.91 Å². The van der Waals surface area contributed by atoms with E-state index in [-0.39, 0.29) is 5.91 Å². The maximum Gasteiger partial charge on any atom is 0.272 e. The first-order valence-electron chi connectivity index (χ1n) is 10.5. The molecule has 0 bridgehead atoms. The minimum Gasteiger partial charge on any atom is -0.368 e. The fourth-order valence-electron chi connectivity index (χ4n) is 4.08. The Morgan fingerprint density at radius 3 is 2.34 bits per heavy atom. The molecule has 29 heavy (non-hydrogen) atoms. The average molecular weight is 395 g/mol. The van der Waals surface area contributed by atoms with Gasteiger partial charge in [-0.15, -0.1) is 0 Å². The monoisotopic (exact) mass is 394 g/mol. The van der Waals surface area contributed by atoms with E-state index in [1.807, 2.05) is 11.0 Å². The van der Waals surface area contributed by atoms with E-state index in [1.165, 1.54) is 17.6 Å². The second-order valence-electron chi connectivity index (χ2n) is 7.80. The molecule has 0 atom stereocenters. The summed E-state index contributed by atoms with van der Waals surface area (Å²) < 4.78 is 0. The zero-order valence-electron chi connectivity index (χ0n) is 17.4. The van der Waals surface area contributed by atoms with Gasteiger partial charge in [-0.2, -0.15) is 0 Å². The maximum absolute atomic E-state index is 13.0. The highest BCUT2D eigenvalue weighted by Crippen LogP contribution is 2.19. The number of hydrogen-bond donors (Lipinski definition) is 0. The third-order valence-corrected chi connectivity index (χ3v) is 5.95. The van der Waals surface area contributed by atoms with Gasteiger partial charge < -0.3 is 19.6 Å². The number of rotatable bonds is 4. The summed E-state index contributed by atoms with van der Waals surface area (Å²) in [5, 5.41) is 0. The average Bonchev–Trinajstić information content (AvgIpc) is 2.79. The molecular formula is C22H30N6O. The number of piperazine rings is 2. The van der Waals surface area contributed by atoms with Crippen molar-refractivity contribution >= 4 is 17.4 Å². The predicted octanol–water partition coefficient (Wildman–Crippen LogP) is 1.89. The number of carbonyl (C=O) groups is 1. The lowest BCUT2D eigenvalue weighted by Crippen LogP contribution is -2.49. The standard InChI is InChI=1S/C22H30N6O/c1-3-25-7-9-27(10-8-25)21-16-20(23-17-24-21)22(29)28-13-11-26(12-14-28)19-6-4-5-18(2)15-19/h4-6,15-17H,3,7-14H2,1-2H3. The van der Waals surface area contributed by atoms with E-state index in [4.69, 9.17) is 0 Å². The Hall–Kier alpha value is -2.67. The van der Waals surface area contributed by atoms with Crippen molar-refractivity contribution in [1.29, 1.82) is 0 Å². The minimum atomic E-state index is 0.00439. The predicted molar refractivity (Wildman–Crippen MR) is 116 cm³/mol. The number of benzene rings is 1. The minimum absolute atomic E-state index is 0.00439. The molecule has 0 aliphatic carbocycles. The highest BCUT2D eigenvalue weighted by atomic mass is 16.2. The van der Waals surface area contributed by atoms with Gasteiger partial charge in [0.05, 0.1) is 0 Å². The number of carbonyl (C=O) groups excluding carboxylic acids is 1. The van der Waals surface area contributed by atoms with Gasteiger partial charge in [0.1, 0.15) is 17.8 Å². The van der Waals surface area contributed by atoms with Gasteiger partial charge in [-0.05, 0) is 31.2 Å². The van der Waals surface area contributed by atoms with E-state index in [0.29, 0.717) is 18.8 Å². The smallest absolute Gasteiger partial charge is 0.272 e.